The minimum atomic E-state index is -7.22. The molecule has 0 saturated heterocycles. The van der Waals surface area contributed by atoms with E-state index < -0.39 is 144 Å². The molecule has 0 aliphatic rings. The number of carbonyl (C=O) groups excluding carboxylic acids is 1. The number of halogens is 20. The molecule has 6 aromatic carbocycles. The van der Waals surface area contributed by atoms with Crippen molar-refractivity contribution in [3.05, 3.63) is 217 Å². The maximum atomic E-state index is 15.4. The van der Waals surface area contributed by atoms with E-state index in [0.29, 0.717) is 18.5 Å². The summed E-state index contributed by atoms with van der Waals surface area (Å²) in [5.41, 5.74) is -4.20. The molecular formula is C45H19BF20N4O. The third-order valence-electron chi connectivity index (χ3n) is 10.9. The molecular weight excluding hydrogens is 1000 g/mol. The van der Waals surface area contributed by atoms with Crippen molar-refractivity contribution < 1.29 is 97.2 Å². The highest BCUT2D eigenvalue weighted by atomic mass is 19.2. The van der Waals surface area contributed by atoms with Crippen molar-refractivity contribution in [2.45, 2.75) is 13.0 Å². The van der Waals surface area contributed by atoms with Gasteiger partial charge in [0, 0.05) is 28.5 Å². The first-order valence-electron chi connectivity index (χ1n) is 19.4. The Morgan fingerprint density at radius 1 is 0.465 bits per heavy atom. The molecule has 5 nitrogen and oxygen atoms in total. The standard InChI is InChI=1S/C24BF20.C21H19N4O/c26-5-1(6(27)14(35)21(42)13(5)34)25(2-7(28)15(36)22(43)16(37)8(2)29,3-9(30)17(38)23(44)18(39)10(3)31)4-11(32)19(40)24(45)20(41)12(4)33;22-24-23-14-7-6-12-20-19-11-5-4-8-17(19)13-15-25(20)16-21(26)18-9-2-1-3-10-18/h;1-11,13,15H,12,14,16H2/q-1;+1. The zero-order chi connectivity index (χ0) is 52.5. The second-order valence-electron chi connectivity index (χ2n) is 14.7. The molecule has 0 radical (unpaired) electrons. The summed E-state index contributed by atoms with van der Waals surface area (Å²) >= 11 is 0. The molecule has 7 aromatic rings. The van der Waals surface area contributed by atoms with Crippen molar-refractivity contribution in [3.63, 3.8) is 0 Å². The summed E-state index contributed by atoms with van der Waals surface area (Å²) in [5.74, 6) is -71.3. The summed E-state index contributed by atoms with van der Waals surface area (Å²) in [7, 11) is 0. The lowest BCUT2D eigenvalue weighted by atomic mass is 9.12. The number of carbonyl (C=O) groups is 1. The van der Waals surface area contributed by atoms with E-state index in [1.54, 1.807) is 0 Å². The highest BCUT2D eigenvalue weighted by Crippen LogP contribution is 2.31. The molecule has 7 rings (SSSR count). The van der Waals surface area contributed by atoms with Gasteiger partial charge in [-0.05, 0) is 17.0 Å². The average Bonchev–Trinajstić information content (AvgIpc) is 3.37. The van der Waals surface area contributed by atoms with Crippen LogP contribution in [-0.4, -0.2) is 18.5 Å². The molecule has 26 heteroatoms. The lowest BCUT2D eigenvalue weighted by Gasteiger charge is -2.44. The van der Waals surface area contributed by atoms with Gasteiger partial charge < -0.3 is 0 Å². The van der Waals surface area contributed by atoms with E-state index in [1.165, 1.54) is 0 Å². The Morgan fingerprint density at radius 2 is 0.803 bits per heavy atom. The van der Waals surface area contributed by atoms with E-state index >= 15 is 35.1 Å². The van der Waals surface area contributed by atoms with Gasteiger partial charge in [0.05, 0.1) is 6.42 Å². The first kappa shape index (κ1) is 52.5. The van der Waals surface area contributed by atoms with Crippen molar-refractivity contribution >= 4 is 44.6 Å². The summed E-state index contributed by atoms with van der Waals surface area (Å²) in [5, 5.41) is 5.76. The number of hydrogen-bond acceptors (Lipinski definition) is 2. The Bertz CT molecular complexity index is 3000. The number of hydrogen-bond donors (Lipinski definition) is 0. The normalized spacial score (nSPS) is 11.5. The summed E-state index contributed by atoms with van der Waals surface area (Å²) in [4.78, 5) is 15.4. The van der Waals surface area contributed by atoms with E-state index in [2.05, 4.69) is 22.2 Å². The van der Waals surface area contributed by atoms with Crippen molar-refractivity contribution in [1.29, 1.82) is 0 Å². The van der Waals surface area contributed by atoms with Gasteiger partial charge in [-0.1, -0.05) is 65.8 Å². The van der Waals surface area contributed by atoms with Crippen LogP contribution in [0.2, 0.25) is 0 Å². The predicted octanol–water partition coefficient (Wildman–Crippen LogP) is 10.3. The molecule has 0 bridgehead atoms. The molecule has 0 spiro atoms. The number of pyridine rings is 1. The van der Waals surface area contributed by atoms with Crippen molar-refractivity contribution in [1.82, 2.24) is 0 Å². The number of ketones is 1. The van der Waals surface area contributed by atoms with Crippen LogP contribution in [0.25, 0.3) is 21.2 Å². The minimum Gasteiger partial charge on any atom is -0.287 e. The van der Waals surface area contributed by atoms with E-state index in [-0.39, 0.29) is 12.3 Å². The zero-order valence-electron chi connectivity index (χ0n) is 34.5. The third-order valence-corrected chi connectivity index (χ3v) is 10.9. The molecule has 368 valence electrons. The number of rotatable bonds is 11. The van der Waals surface area contributed by atoms with E-state index in [9.17, 15) is 57.5 Å². The third kappa shape index (κ3) is 8.87. The number of aromatic nitrogens is 1. The van der Waals surface area contributed by atoms with Gasteiger partial charge in [0.15, 0.2) is 81.7 Å². The fourth-order valence-electron chi connectivity index (χ4n) is 7.79. The largest absolute Gasteiger partial charge is 0.287 e. The van der Waals surface area contributed by atoms with E-state index in [4.69, 9.17) is 5.53 Å². The fraction of sp³-hybridized carbons (Fsp3) is 0.0667. The Balaban J connectivity index is 0.000000268. The molecule has 0 amide bonds. The smallest absolute Gasteiger partial charge is 0.227 e. The fourth-order valence-corrected chi connectivity index (χ4v) is 7.79. The topological polar surface area (TPSA) is 69.7 Å². The van der Waals surface area contributed by atoms with Gasteiger partial charge in [-0.15, -0.1) is 21.9 Å². The van der Waals surface area contributed by atoms with Crippen LogP contribution in [-0.2, 0) is 13.0 Å². The molecule has 1 aromatic heterocycles. The lowest BCUT2D eigenvalue weighted by Crippen LogP contribution is -2.81. The Hall–Kier alpha value is -7.89. The summed E-state index contributed by atoms with van der Waals surface area (Å²) in [6.07, 6.45) is -0.791. The molecule has 0 N–H and O–H groups in total. The molecule has 0 aliphatic carbocycles. The summed E-state index contributed by atoms with van der Waals surface area (Å²) in [6, 6.07) is 19.5. The first-order valence-corrected chi connectivity index (χ1v) is 19.4. The molecule has 71 heavy (non-hydrogen) atoms. The number of allylic oxidation sites excluding steroid dienone is 1. The van der Waals surface area contributed by atoms with E-state index in [1.807, 2.05) is 71.4 Å². The van der Waals surface area contributed by atoms with Gasteiger partial charge in [0.2, 0.25) is 12.3 Å². The molecule has 0 fully saturated rings. The van der Waals surface area contributed by atoms with Gasteiger partial charge in [0.25, 0.3) is 0 Å². The first-order chi connectivity index (χ1) is 33.5. The predicted molar refractivity (Wildman–Crippen MR) is 211 cm³/mol. The van der Waals surface area contributed by atoms with Crippen LogP contribution in [0.5, 0.6) is 0 Å². The van der Waals surface area contributed by atoms with Crippen LogP contribution < -0.4 is 26.4 Å². The van der Waals surface area contributed by atoms with Crippen LogP contribution in [0.3, 0.4) is 0 Å². The van der Waals surface area contributed by atoms with Gasteiger partial charge in [-0.2, -0.15) is 4.57 Å². The van der Waals surface area contributed by atoms with Gasteiger partial charge >= 0.3 is 0 Å². The van der Waals surface area contributed by atoms with Gasteiger partial charge in [-0.3, -0.25) is 4.79 Å². The van der Waals surface area contributed by atoms with Crippen LogP contribution in [0, 0.1) is 116 Å². The molecule has 1 heterocycles. The number of benzene rings is 6. The Labute approximate surface area is 383 Å². The maximum Gasteiger partial charge on any atom is 0.227 e. The molecule has 0 unspecified atom stereocenters. The second-order valence-corrected chi connectivity index (χ2v) is 14.7. The minimum absolute atomic E-state index is 0.0743. The molecule has 0 atom stereocenters. The highest BCUT2D eigenvalue weighted by molar-refractivity contribution is 7.20. The Kier molecular flexibility index (Phi) is 15.2. The van der Waals surface area contributed by atoms with Crippen LogP contribution in [0.4, 0.5) is 87.8 Å². The summed E-state index contributed by atoms with van der Waals surface area (Å²) < 4.78 is 296. The number of azide groups is 1. The monoisotopic (exact) mass is 1020 g/mol. The van der Waals surface area contributed by atoms with Gasteiger partial charge in [0.1, 0.15) is 52.7 Å². The quantitative estimate of drug-likeness (QED) is 0.0122. The maximum absolute atomic E-state index is 15.4. The second kappa shape index (κ2) is 20.6. The van der Waals surface area contributed by atoms with Crippen molar-refractivity contribution in [2.24, 2.45) is 5.11 Å². The number of fused-ring (bicyclic) bond motifs is 1. The summed E-state index contributed by atoms with van der Waals surface area (Å²) in [6.45, 7) is 0.610. The molecule has 0 aliphatic heterocycles. The lowest BCUT2D eigenvalue weighted by molar-refractivity contribution is -0.688. The van der Waals surface area contributed by atoms with Crippen LogP contribution in [0.1, 0.15) is 16.1 Å². The number of Topliss-reactive ketones (excluding diaryl/α,β-unsaturated/α-hetero) is 1. The van der Waals surface area contributed by atoms with Gasteiger partial charge in [-0.25, -0.2) is 87.8 Å². The molecule has 0 saturated carbocycles. The van der Waals surface area contributed by atoms with E-state index in [0.717, 1.165) is 16.5 Å². The zero-order valence-corrected chi connectivity index (χ0v) is 34.5. The average molecular weight is 1020 g/mol. The Morgan fingerprint density at radius 3 is 1.17 bits per heavy atom. The van der Waals surface area contributed by atoms with Crippen molar-refractivity contribution in [2.75, 3.05) is 6.54 Å². The number of nitrogens with zero attached hydrogens (tertiary/aromatic N) is 4. The van der Waals surface area contributed by atoms with Crippen LogP contribution >= 0.6 is 0 Å². The van der Waals surface area contributed by atoms with Crippen molar-refractivity contribution in [3.8, 4) is 0 Å². The SMILES string of the molecule is Fc1c(F)c(F)c([B-](c2c(F)c(F)c(F)c(F)c2F)(c2c(F)c(F)c(F)c(F)c2F)c2c(F)c(F)c(F)c(F)c2F)c(F)c1F.[N-]=[N+]=NCC=CCc1c2ccccc2cc[n+]1CC(=O)c1ccccc1. The van der Waals surface area contributed by atoms with Crippen LogP contribution in [0.15, 0.2) is 84.1 Å². The highest BCUT2D eigenvalue weighted by Gasteiger charge is 2.52.